The molecule has 0 aliphatic heterocycles. The molecule has 2 nitrogen and oxygen atoms in total. The summed E-state index contributed by atoms with van der Waals surface area (Å²) >= 11 is 12.3. The number of carbonyl (C=O) groups excluding carboxylic acids is 1. The van der Waals surface area contributed by atoms with E-state index in [0.29, 0.717) is 21.0 Å². The van der Waals surface area contributed by atoms with E-state index in [1.807, 2.05) is 0 Å². The lowest BCUT2D eigenvalue weighted by molar-refractivity contribution is -0.0994. The molecule has 0 amide bonds. The second-order valence-corrected chi connectivity index (χ2v) is 14.8. The van der Waals surface area contributed by atoms with E-state index >= 15 is 0 Å². The largest absolute Gasteiger partial charge is 0.458 e. The molecular weight excluding hydrogens is 511 g/mol. The van der Waals surface area contributed by atoms with Gasteiger partial charge in [0, 0.05) is 11.4 Å². The number of fused-ring (bicyclic) bond motifs is 5. The van der Waals surface area contributed by atoms with Gasteiger partial charge in [0.2, 0.25) is 0 Å². The number of ether oxygens (including phenoxy) is 1. The SMILES string of the molecule is CC(C)CCCC[C@@H]1CCC[C@@H]2[C@@H]3CC=C4C[C@H](OC(=O)c5ccc(Cl)cc5Cl)CC[C@]4(C)[C@H]3CC[C@]12C. The summed E-state index contributed by atoms with van der Waals surface area (Å²) in [5.74, 6) is 3.91. The highest BCUT2D eigenvalue weighted by molar-refractivity contribution is 6.36. The van der Waals surface area contributed by atoms with Crippen molar-refractivity contribution in [2.24, 2.45) is 40.4 Å². The molecule has 4 heteroatoms. The summed E-state index contributed by atoms with van der Waals surface area (Å²) in [5.41, 5.74) is 2.75. The molecule has 0 saturated heterocycles. The van der Waals surface area contributed by atoms with E-state index in [1.165, 1.54) is 64.2 Å². The molecule has 210 valence electrons. The third-order valence-corrected chi connectivity index (χ3v) is 12.1. The van der Waals surface area contributed by atoms with Gasteiger partial charge in [-0.3, -0.25) is 0 Å². The Morgan fingerprint density at radius 2 is 1.87 bits per heavy atom. The van der Waals surface area contributed by atoms with Crippen LogP contribution in [0.2, 0.25) is 10.0 Å². The zero-order chi connectivity index (χ0) is 27.1. The average molecular weight is 560 g/mol. The van der Waals surface area contributed by atoms with Crippen LogP contribution in [0, 0.1) is 40.4 Å². The number of hydrogen-bond acceptors (Lipinski definition) is 2. The minimum Gasteiger partial charge on any atom is -0.458 e. The highest BCUT2D eigenvalue weighted by Gasteiger charge is 2.57. The summed E-state index contributed by atoms with van der Waals surface area (Å²) in [5, 5.41) is 0.889. The number of benzene rings is 1. The number of rotatable bonds is 7. The average Bonchev–Trinajstić information content (AvgIpc) is 2.86. The van der Waals surface area contributed by atoms with Crippen molar-refractivity contribution < 1.29 is 9.53 Å². The lowest BCUT2D eigenvalue weighted by Gasteiger charge is -2.62. The van der Waals surface area contributed by atoms with Crippen molar-refractivity contribution in [3.63, 3.8) is 0 Å². The van der Waals surface area contributed by atoms with Gasteiger partial charge in [-0.1, -0.05) is 88.2 Å². The van der Waals surface area contributed by atoms with Crippen LogP contribution in [0.4, 0.5) is 0 Å². The minimum absolute atomic E-state index is 0.0659. The molecular formula is C34H48Cl2O2. The summed E-state index contributed by atoms with van der Waals surface area (Å²) in [4.78, 5) is 12.9. The molecule has 0 N–H and O–H groups in total. The Bertz CT molecular complexity index is 1050. The maximum absolute atomic E-state index is 12.9. The molecule has 3 saturated carbocycles. The van der Waals surface area contributed by atoms with Gasteiger partial charge in [0.1, 0.15) is 6.10 Å². The highest BCUT2D eigenvalue weighted by Crippen LogP contribution is 2.65. The van der Waals surface area contributed by atoms with Crippen LogP contribution in [0.25, 0.3) is 0 Å². The van der Waals surface area contributed by atoms with E-state index in [9.17, 15) is 4.79 Å². The van der Waals surface area contributed by atoms with E-state index in [-0.39, 0.29) is 17.5 Å². The molecule has 0 unspecified atom stereocenters. The number of carbonyl (C=O) groups is 1. The van der Waals surface area contributed by atoms with E-state index < -0.39 is 0 Å². The standard InChI is InChI=1S/C34H48Cl2O2/c1-22(2)8-5-6-9-23-10-7-11-29-27-14-12-24-20-26(38-32(37)28-15-13-25(35)21-31(28)36)16-18-34(24,4)30(27)17-19-33(23,29)3/h12-13,15,21-23,26-27,29-30H,5-11,14,16-20H2,1-4H3/t23-,26-,27+,29-,30+,33-,34+/m1/s1. The second kappa shape index (κ2) is 11.5. The highest BCUT2D eigenvalue weighted by atomic mass is 35.5. The predicted octanol–water partition coefficient (Wildman–Crippen LogP) is 10.7. The van der Waals surface area contributed by atoms with Crippen molar-refractivity contribution in [2.75, 3.05) is 0 Å². The third kappa shape index (κ3) is 5.47. The zero-order valence-corrected chi connectivity index (χ0v) is 25.6. The number of unbranched alkanes of at least 4 members (excludes halogenated alkanes) is 1. The summed E-state index contributed by atoms with van der Waals surface area (Å²) in [7, 11) is 0. The first-order valence-electron chi connectivity index (χ1n) is 15.5. The van der Waals surface area contributed by atoms with Gasteiger partial charge in [-0.05, 0) is 110 Å². The van der Waals surface area contributed by atoms with Crippen molar-refractivity contribution in [3.05, 3.63) is 45.5 Å². The van der Waals surface area contributed by atoms with Gasteiger partial charge >= 0.3 is 5.97 Å². The number of allylic oxidation sites excluding steroid dienone is 1. The molecule has 1 aromatic rings. The van der Waals surface area contributed by atoms with Gasteiger partial charge in [0.05, 0.1) is 10.6 Å². The molecule has 5 rings (SSSR count). The Morgan fingerprint density at radius 1 is 1.05 bits per heavy atom. The van der Waals surface area contributed by atoms with Crippen LogP contribution in [-0.4, -0.2) is 12.1 Å². The van der Waals surface area contributed by atoms with Crippen molar-refractivity contribution >= 4 is 29.2 Å². The molecule has 0 aromatic heterocycles. The van der Waals surface area contributed by atoms with Gasteiger partial charge in [-0.15, -0.1) is 0 Å². The van der Waals surface area contributed by atoms with E-state index in [0.717, 1.165) is 48.9 Å². The van der Waals surface area contributed by atoms with Gasteiger partial charge in [-0.25, -0.2) is 4.79 Å². The van der Waals surface area contributed by atoms with Crippen LogP contribution in [0.3, 0.4) is 0 Å². The molecule has 3 fully saturated rings. The van der Waals surface area contributed by atoms with E-state index in [4.69, 9.17) is 27.9 Å². The second-order valence-electron chi connectivity index (χ2n) is 14.0. The fraction of sp³-hybridized carbons (Fsp3) is 0.735. The number of esters is 1. The predicted molar refractivity (Wildman–Crippen MR) is 159 cm³/mol. The molecule has 1 aromatic carbocycles. The Morgan fingerprint density at radius 3 is 2.63 bits per heavy atom. The van der Waals surface area contributed by atoms with Crippen LogP contribution < -0.4 is 0 Å². The number of halogens is 2. The van der Waals surface area contributed by atoms with Crippen molar-refractivity contribution in [2.45, 2.75) is 117 Å². The van der Waals surface area contributed by atoms with E-state index in [1.54, 1.807) is 23.8 Å². The molecule has 0 radical (unpaired) electrons. The van der Waals surface area contributed by atoms with Crippen LogP contribution >= 0.6 is 23.2 Å². The first-order valence-corrected chi connectivity index (χ1v) is 16.2. The van der Waals surface area contributed by atoms with Gasteiger partial charge in [0.15, 0.2) is 0 Å². The lowest BCUT2D eigenvalue weighted by atomic mass is 9.43. The summed E-state index contributed by atoms with van der Waals surface area (Å²) in [6.07, 6.45) is 19.4. The summed E-state index contributed by atoms with van der Waals surface area (Å²) < 4.78 is 6.00. The molecule has 0 heterocycles. The van der Waals surface area contributed by atoms with Crippen LogP contribution in [0.1, 0.15) is 122 Å². The summed E-state index contributed by atoms with van der Waals surface area (Å²) in [6.45, 7) is 9.94. The van der Waals surface area contributed by atoms with E-state index in [2.05, 4.69) is 33.8 Å². The first kappa shape index (κ1) is 28.5. The lowest BCUT2D eigenvalue weighted by Crippen LogP contribution is -2.54. The van der Waals surface area contributed by atoms with Crippen molar-refractivity contribution in [1.29, 1.82) is 0 Å². The molecule has 7 atom stereocenters. The maximum Gasteiger partial charge on any atom is 0.339 e. The fourth-order valence-corrected chi connectivity index (χ4v) is 9.81. The molecule has 4 aliphatic carbocycles. The van der Waals surface area contributed by atoms with Crippen LogP contribution in [-0.2, 0) is 4.74 Å². The van der Waals surface area contributed by atoms with Gasteiger partial charge in [0.25, 0.3) is 0 Å². The number of hydrogen-bond donors (Lipinski definition) is 0. The Kier molecular flexibility index (Phi) is 8.62. The normalized spacial score (nSPS) is 36.6. The van der Waals surface area contributed by atoms with Gasteiger partial charge in [-0.2, -0.15) is 0 Å². The van der Waals surface area contributed by atoms with Crippen LogP contribution in [0.5, 0.6) is 0 Å². The molecule has 0 bridgehead atoms. The monoisotopic (exact) mass is 558 g/mol. The van der Waals surface area contributed by atoms with Crippen molar-refractivity contribution in [1.82, 2.24) is 0 Å². The topological polar surface area (TPSA) is 26.3 Å². The quantitative estimate of drug-likeness (QED) is 0.189. The van der Waals surface area contributed by atoms with Crippen molar-refractivity contribution in [3.8, 4) is 0 Å². The third-order valence-electron chi connectivity index (χ3n) is 11.5. The smallest absolute Gasteiger partial charge is 0.339 e. The minimum atomic E-state index is -0.329. The maximum atomic E-state index is 12.9. The first-order chi connectivity index (χ1) is 18.1. The molecule has 4 aliphatic rings. The van der Waals surface area contributed by atoms with Crippen LogP contribution in [0.15, 0.2) is 29.8 Å². The Hall–Kier alpha value is -0.990. The molecule has 38 heavy (non-hydrogen) atoms. The Balaban J connectivity index is 1.25. The summed E-state index contributed by atoms with van der Waals surface area (Å²) in [6, 6.07) is 4.98. The molecule has 0 spiro atoms. The Labute approximate surface area is 241 Å². The zero-order valence-electron chi connectivity index (χ0n) is 24.0. The fourth-order valence-electron chi connectivity index (χ4n) is 9.33. The van der Waals surface area contributed by atoms with Gasteiger partial charge < -0.3 is 4.74 Å².